The van der Waals surface area contributed by atoms with Gasteiger partial charge < -0.3 is 24.6 Å². The van der Waals surface area contributed by atoms with Gasteiger partial charge in [-0.25, -0.2) is 9.59 Å². The summed E-state index contributed by atoms with van der Waals surface area (Å²) in [5.74, 6) is -1.15. The molecule has 0 aromatic heterocycles. The Morgan fingerprint density at radius 3 is 2.23 bits per heavy atom. The number of hydrogen-bond donors (Lipinski definition) is 2. The molecule has 0 fully saturated rings. The van der Waals surface area contributed by atoms with E-state index in [0.717, 1.165) is 5.56 Å². The van der Waals surface area contributed by atoms with Crippen LogP contribution in [0.25, 0.3) is 6.08 Å². The molecule has 2 N–H and O–H groups in total. The zero-order chi connectivity index (χ0) is 28.4. The molecular weight excluding hydrogens is 615 g/mol. The summed E-state index contributed by atoms with van der Waals surface area (Å²) in [4.78, 5) is 35.6. The summed E-state index contributed by atoms with van der Waals surface area (Å²) in [7, 11) is 0. The second-order valence-electron chi connectivity index (χ2n) is 7.98. The zero-order valence-electron chi connectivity index (χ0n) is 21.2. The van der Waals surface area contributed by atoms with Crippen molar-refractivity contribution in [2.24, 2.45) is 0 Å². The number of amides is 1. The minimum Gasteiger partial charge on any atom is -0.490 e. The number of ether oxygens (including phenoxy) is 3. The summed E-state index contributed by atoms with van der Waals surface area (Å²) in [5, 5.41) is 21.3. The Labute approximate surface area is 239 Å². The van der Waals surface area contributed by atoms with E-state index >= 15 is 0 Å². The second kappa shape index (κ2) is 14.0. The van der Waals surface area contributed by atoms with Gasteiger partial charge in [0.15, 0.2) is 11.5 Å². The van der Waals surface area contributed by atoms with Gasteiger partial charge in [0, 0.05) is 5.69 Å². The molecule has 0 saturated heterocycles. The lowest BCUT2D eigenvalue weighted by Crippen LogP contribution is -2.13. The first-order valence-electron chi connectivity index (χ1n) is 11.9. The average Bonchev–Trinajstić information content (AvgIpc) is 2.92. The van der Waals surface area contributed by atoms with Gasteiger partial charge in [-0.15, -0.1) is 0 Å². The molecule has 1 amide bonds. The number of carboxylic acids is 1. The first kappa shape index (κ1) is 29.2. The van der Waals surface area contributed by atoms with Gasteiger partial charge in [0.1, 0.15) is 18.2 Å². The van der Waals surface area contributed by atoms with Crippen LogP contribution in [0.1, 0.15) is 45.7 Å². The summed E-state index contributed by atoms with van der Waals surface area (Å²) in [6, 6.07) is 17.9. The third-order valence-corrected chi connectivity index (χ3v) is 6.05. The number of hydrogen-bond acceptors (Lipinski definition) is 7. The quantitative estimate of drug-likeness (QED) is 0.118. The number of anilines is 1. The lowest BCUT2D eigenvalue weighted by Gasteiger charge is -2.15. The molecule has 0 heterocycles. The van der Waals surface area contributed by atoms with Crippen molar-refractivity contribution in [3.63, 3.8) is 0 Å². The number of carbonyl (C=O) groups excluding carboxylic acids is 2. The predicted molar refractivity (Wildman–Crippen MR) is 153 cm³/mol. The van der Waals surface area contributed by atoms with Crippen LogP contribution in [0.15, 0.2) is 66.2 Å². The molecule has 3 rings (SSSR count). The lowest BCUT2D eigenvalue weighted by atomic mass is 10.1. The largest absolute Gasteiger partial charge is 0.490 e. The van der Waals surface area contributed by atoms with Crippen molar-refractivity contribution >= 4 is 52.2 Å². The molecule has 39 heavy (non-hydrogen) atoms. The summed E-state index contributed by atoms with van der Waals surface area (Å²) in [5.41, 5.74) is 2.16. The Kier molecular flexibility index (Phi) is 10.5. The summed E-state index contributed by atoms with van der Waals surface area (Å²) >= 11 is 2.08. The fourth-order valence-electron chi connectivity index (χ4n) is 3.39. The summed E-state index contributed by atoms with van der Waals surface area (Å²) in [6.07, 6.45) is 1.45. The molecule has 0 saturated carbocycles. The van der Waals surface area contributed by atoms with E-state index in [0.29, 0.717) is 38.5 Å². The van der Waals surface area contributed by atoms with E-state index in [9.17, 15) is 19.6 Å². The molecule has 3 aromatic rings. The van der Waals surface area contributed by atoms with Crippen LogP contribution in [-0.4, -0.2) is 36.2 Å². The number of benzene rings is 3. The van der Waals surface area contributed by atoms with E-state index in [1.807, 2.05) is 13.0 Å². The van der Waals surface area contributed by atoms with Crippen molar-refractivity contribution < 1.29 is 33.7 Å². The van der Waals surface area contributed by atoms with Crippen molar-refractivity contribution in [2.45, 2.75) is 20.5 Å². The van der Waals surface area contributed by atoms with Gasteiger partial charge in [0.25, 0.3) is 5.91 Å². The zero-order valence-corrected chi connectivity index (χ0v) is 23.4. The molecule has 3 aromatic carbocycles. The van der Waals surface area contributed by atoms with Crippen LogP contribution in [0.2, 0.25) is 0 Å². The highest BCUT2D eigenvalue weighted by Gasteiger charge is 2.15. The number of nitriles is 1. The average molecular weight is 640 g/mol. The van der Waals surface area contributed by atoms with Gasteiger partial charge in [0.2, 0.25) is 0 Å². The third kappa shape index (κ3) is 8.05. The third-order valence-electron chi connectivity index (χ3n) is 5.25. The molecular formula is C29H25IN2O7. The number of carboxylic acid groups (broad SMARTS) is 1. The highest BCUT2D eigenvalue weighted by Crippen LogP contribution is 2.35. The standard InChI is InChI=1S/C29H25IN2O7/c1-3-37-25-15-19(14-24(30)26(25)39-17-18-5-7-20(8-6-18)28(34)35)13-22(16-31)27(33)32-23-11-9-21(10-12-23)29(36)38-4-2/h5-15H,3-4,17H2,1-2H3,(H,32,33)(H,34,35)/b22-13+. The number of aromatic carboxylic acids is 1. The Morgan fingerprint density at radius 1 is 0.974 bits per heavy atom. The molecule has 0 spiro atoms. The molecule has 0 radical (unpaired) electrons. The van der Waals surface area contributed by atoms with Gasteiger partial charge in [-0.05, 0) is 102 Å². The fraction of sp³-hybridized carbons (Fsp3) is 0.172. The van der Waals surface area contributed by atoms with E-state index in [2.05, 4.69) is 27.9 Å². The highest BCUT2D eigenvalue weighted by atomic mass is 127. The number of rotatable bonds is 11. The minimum absolute atomic E-state index is 0.130. The van der Waals surface area contributed by atoms with Gasteiger partial charge >= 0.3 is 11.9 Å². The Bertz CT molecular complexity index is 1430. The molecule has 0 aliphatic heterocycles. The van der Waals surface area contributed by atoms with Gasteiger partial charge in [-0.2, -0.15) is 5.26 Å². The number of carbonyl (C=O) groups is 3. The minimum atomic E-state index is -1.00. The summed E-state index contributed by atoms with van der Waals surface area (Å²) in [6.45, 7) is 4.34. The smallest absolute Gasteiger partial charge is 0.338 e. The normalized spacial score (nSPS) is 10.8. The van der Waals surface area contributed by atoms with Crippen LogP contribution in [0.4, 0.5) is 5.69 Å². The van der Waals surface area contributed by atoms with Crippen LogP contribution in [0.5, 0.6) is 11.5 Å². The van der Waals surface area contributed by atoms with Crippen molar-refractivity contribution in [2.75, 3.05) is 18.5 Å². The number of nitrogens with one attached hydrogen (secondary N) is 1. The Balaban J connectivity index is 1.77. The topological polar surface area (TPSA) is 135 Å². The summed E-state index contributed by atoms with van der Waals surface area (Å²) < 4.78 is 17.4. The van der Waals surface area contributed by atoms with E-state index in [1.54, 1.807) is 43.3 Å². The second-order valence-corrected chi connectivity index (χ2v) is 9.14. The van der Waals surface area contributed by atoms with E-state index in [4.69, 9.17) is 19.3 Å². The maximum atomic E-state index is 12.8. The van der Waals surface area contributed by atoms with Gasteiger partial charge in [-0.3, -0.25) is 4.79 Å². The van der Waals surface area contributed by atoms with E-state index < -0.39 is 17.8 Å². The molecule has 0 atom stereocenters. The first-order valence-corrected chi connectivity index (χ1v) is 12.9. The molecule has 0 unspecified atom stereocenters. The van der Waals surface area contributed by atoms with Crippen molar-refractivity contribution in [1.29, 1.82) is 5.26 Å². The van der Waals surface area contributed by atoms with Gasteiger partial charge in [0.05, 0.1) is 27.9 Å². The highest BCUT2D eigenvalue weighted by molar-refractivity contribution is 14.1. The van der Waals surface area contributed by atoms with Crippen molar-refractivity contribution in [3.8, 4) is 17.6 Å². The predicted octanol–water partition coefficient (Wildman–Crippen LogP) is 5.69. The molecule has 9 nitrogen and oxygen atoms in total. The Morgan fingerprint density at radius 2 is 1.64 bits per heavy atom. The molecule has 0 aliphatic carbocycles. The monoisotopic (exact) mass is 640 g/mol. The number of esters is 1. The van der Waals surface area contributed by atoms with Crippen LogP contribution in [0.3, 0.4) is 0 Å². The maximum absolute atomic E-state index is 12.8. The van der Waals surface area contributed by atoms with E-state index in [-0.39, 0.29) is 24.4 Å². The van der Waals surface area contributed by atoms with Crippen LogP contribution in [-0.2, 0) is 16.1 Å². The van der Waals surface area contributed by atoms with Crippen molar-refractivity contribution in [1.82, 2.24) is 0 Å². The fourth-order valence-corrected chi connectivity index (χ4v) is 4.17. The molecule has 0 aliphatic rings. The van der Waals surface area contributed by atoms with Crippen molar-refractivity contribution in [3.05, 3.63) is 92.1 Å². The molecule has 10 heteroatoms. The molecule has 0 bridgehead atoms. The van der Waals surface area contributed by atoms with Crippen LogP contribution < -0.4 is 14.8 Å². The molecule has 200 valence electrons. The number of halogens is 1. The van der Waals surface area contributed by atoms with Gasteiger partial charge in [-0.1, -0.05) is 12.1 Å². The number of nitrogens with zero attached hydrogens (tertiary/aromatic N) is 1. The lowest BCUT2D eigenvalue weighted by molar-refractivity contribution is -0.112. The van der Waals surface area contributed by atoms with Crippen LogP contribution in [0, 0.1) is 14.9 Å². The Hall–Kier alpha value is -4.37. The van der Waals surface area contributed by atoms with Crippen LogP contribution >= 0.6 is 22.6 Å². The van der Waals surface area contributed by atoms with E-state index in [1.165, 1.54) is 30.3 Å². The SMILES string of the molecule is CCOC(=O)c1ccc(NC(=O)/C(C#N)=C/c2cc(I)c(OCc3ccc(C(=O)O)cc3)c(OCC)c2)cc1. The first-order chi connectivity index (χ1) is 18.7. The maximum Gasteiger partial charge on any atom is 0.338 e.